The molecule has 2 aromatic rings. The van der Waals surface area contributed by atoms with Crippen LogP contribution in [0.25, 0.3) is 5.52 Å². The molecule has 5 heteroatoms. The van der Waals surface area contributed by atoms with Crippen LogP contribution in [-0.2, 0) is 0 Å². The standard InChI is InChI=1S/C11H15N5/c1-8-6-10-11(13-3-5-16(10)14-8)15-4-2-9(12)7-15/h3,5-6,9H,2,4,7,12H2,1H3/t9-/m1/s1. The van der Waals surface area contributed by atoms with Gasteiger partial charge in [0.05, 0.1) is 5.69 Å². The minimum Gasteiger partial charge on any atom is -0.353 e. The van der Waals surface area contributed by atoms with Gasteiger partial charge < -0.3 is 10.6 Å². The number of anilines is 1. The van der Waals surface area contributed by atoms with E-state index in [1.807, 2.05) is 17.6 Å². The van der Waals surface area contributed by atoms with Gasteiger partial charge in [0.2, 0.25) is 0 Å². The van der Waals surface area contributed by atoms with E-state index in [1.54, 1.807) is 6.20 Å². The molecule has 0 aliphatic carbocycles. The molecule has 1 fully saturated rings. The molecule has 1 aliphatic heterocycles. The average molecular weight is 217 g/mol. The molecular weight excluding hydrogens is 202 g/mol. The van der Waals surface area contributed by atoms with Crippen molar-refractivity contribution in [3.05, 3.63) is 24.2 Å². The Morgan fingerprint density at radius 2 is 2.38 bits per heavy atom. The summed E-state index contributed by atoms with van der Waals surface area (Å²) in [6.45, 7) is 3.86. The lowest BCUT2D eigenvalue weighted by molar-refractivity contribution is 0.751. The van der Waals surface area contributed by atoms with Crippen molar-refractivity contribution in [2.24, 2.45) is 5.73 Å². The molecule has 2 N–H and O–H groups in total. The summed E-state index contributed by atoms with van der Waals surface area (Å²) in [5.41, 5.74) is 8.00. The number of hydrogen-bond donors (Lipinski definition) is 1. The maximum Gasteiger partial charge on any atom is 0.154 e. The number of nitrogens with two attached hydrogens (primary N) is 1. The smallest absolute Gasteiger partial charge is 0.154 e. The molecule has 3 rings (SSSR count). The second-order valence-corrected chi connectivity index (χ2v) is 4.36. The molecule has 1 saturated heterocycles. The molecule has 0 spiro atoms. The first-order chi connectivity index (χ1) is 7.74. The predicted molar refractivity (Wildman–Crippen MR) is 62.5 cm³/mol. The van der Waals surface area contributed by atoms with Crippen molar-refractivity contribution in [2.45, 2.75) is 19.4 Å². The summed E-state index contributed by atoms with van der Waals surface area (Å²) < 4.78 is 1.88. The highest BCUT2D eigenvalue weighted by atomic mass is 15.3. The summed E-state index contributed by atoms with van der Waals surface area (Å²) >= 11 is 0. The first kappa shape index (κ1) is 9.59. The summed E-state index contributed by atoms with van der Waals surface area (Å²) in [6.07, 6.45) is 4.70. The Balaban J connectivity index is 2.09. The summed E-state index contributed by atoms with van der Waals surface area (Å²) in [5, 5.41) is 4.38. The van der Waals surface area contributed by atoms with E-state index in [9.17, 15) is 0 Å². The number of rotatable bonds is 1. The van der Waals surface area contributed by atoms with Crippen LogP contribution in [-0.4, -0.2) is 33.7 Å². The first-order valence-electron chi connectivity index (χ1n) is 5.55. The molecule has 0 radical (unpaired) electrons. The topological polar surface area (TPSA) is 59.5 Å². The third-order valence-corrected chi connectivity index (χ3v) is 3.02. The van der Waals surface area contributed by atoms with Gasteiger partial charge in [0.25, 0.3) is 0 Å². The van der Waals surface area contributed by atoms with Crippen LogP contribution in [0.15, 0.2) is 18.5 Å². The Morgan fingerprint density at radius 1 is 1.50 bits per heavy atom. The lowest BCUT2D eigenvalue weighted by Crippen LogP contribution is -2.27. The Kier molecular flexibility index (Phi) is 2.07. The van der Waals surface area contributed by atoms with E-state index >= 15 is 0 Å². The fourth-order valence-corrected chi connectivity index (χ4v) is 2.25. The Hall–Kier alpha value is -1.62. The largest absolute Gasteiger partial charge is 0.353 e. The van der Waals surface area contributed by atoms with Crippen molar-refractivity contribution in [3.63, 3.8) is 0 Å². The first-order valence-corrected chi connectivity index (χ1v) is 5.55. The highest BCUT2D eigenvalue weighted by Crippen LogP contribution is 2.22. The third kappa shape index (κ3) is 1.44. The van der Waals surface area contributed by atoms with Crippen LogP contribution < -0.4 is 10.6 Å². The molecule has 3 heterocycles. The van der Waals surface area contributed by atoms with Crippen molar-refractivity contribution in [1.82, 2.24) is 14.6 Å². The zero-order valence-corrected chi connectivity index (χ0v) is 9.30. The molecular formula is C11H15N5. The number of aromatic nitrogens is 3. The fourth-order valence-electron chi connectivity index (χ4n) is 2.25. The maximum atomic E-state index is 5.92. The van der Waals surface area contributed by atoms with Gasteiger partial charge in [0.15, 0.2) is 5.82 Å². The third-order valence-electron chi connectivity index (χ3n) is 3.02. The van der Waals surface area contributed by atoms with Crippen molar-refractivity contribution in [1.29, 1.82) is 0 Å². The van der Waals surface area contributed by atoms with Crippen LogP contribution in [0, 0.1) is 6.92 Å². The molecule has 0 saturated carbocycles. The van der Waals surface area contributed by atoms with E-state index < -0.39 is 0 Å². The molecule has 2 aromatic heterocycles. The number of hydrogen-bond acceptors (Lipinski definition) is 4. The van der Waals surface area contributed by atoms with Crippen LogP contribution in [0.5, 0.6) is 0 Å². The highest BCUT2D eigenvalue weighted by Gasteiger charge is 2.22. The Bertz CT molecular complexity index is 518. The van der Waals surface area contributed by atoms with Crippen LogP contribution in [0.1, 0.15) is 12.1 Å². The number of fused-ring (bicyclic) bond motifs is 1. The van der Waals surface area contributed by atoms with Gasteiger partial charge in [-0.05, 0) is 19.4 Å². The number of aryl methyl sites for hydroxylation is 1. The van der Waals surface area contributed by atoms with E-state index in [0.717, 1.165) is 36.5 Å². The molecule has 0 amide bonds. The van der Waals surface area contributed by atoms with Gasteiger partial charge in [0.1, 0.15) is 5.52 Å². The normalized spacial score (nSPS) is 20.9. The van der Waals surface area contributed by atoms with Gasteiger partial charge in [-0.1, -0.05) is 0 Å². The molecule has 0 aromatic carbocycles. The highest BCUT2D eigenvalue weighted by molar-refractivity contribution is 5.69. The zero-order valence-electron chi connectivity index (χ0n) is 9.30. The van der Waals surface area contributed by atoms with Gasteiger partial charge in [-0.25, -0.2) is 9.50 Å². The summed E-state index contributed by atoms with van der Waals surface area (Å²) in [5.74, 6) is 0.996. The molecule has 1 atom stereocenters. The van der Waals surface area contributed by atoms with Crippen LogP contribution >= 0.6 is 0 Å². The molecule has 0 unspecified atom stereocenters. The van der Waals surface area contributed by atoms with E-state index in [0.29, 0.717) is 0 Å². The van der Waals surface area contributed by atoms with E-state index in [-0.39, 0.29) is 6.04 Å². The van der Waals surface area contributed by atoms with Gasteiger partial charge in [-0.15, -0.1) is 0 Å². The second-order valence-electron chi connectivity index (χ2n) is 4.36. The molecule has 84 valence electrons. The van der Waals surface area contributed by atoms with Gasteiger partial charge in [-0.3, -0.25) is 0 Å². The zero-order chi connectivity index (χ0) is 11.1. The number of nitrogens with zero attached hydrogens (tertiary/aromatic N) is 4. The Morgan fingerprint density at radius 3 is 3.12 bits per heavy atom. The van der Waals surface area contributed by atoms with E-state index in [1.165, 1.54) is 0 Å². The van der Waals surface area contributed by atoms with Crippen molar-refractivity contribution in [2.75, 3.05) is 18.0 Å². The van der Waals surface area contributed by atoms with Gasteiger partial charge >= 0.3 is 0 Å². The Labute approximate surface area is 93.9 Å². The SMILES string of the molecule is Cc1cc2c(N3CC[C@@H](N)C3)nccn2n1. The molecule has 1 aliphatic rings. The van der Waals surface area contributed by atoms with Crippen molar-refractivity contribution in [3.8, 4) is 0 Å². The van der Waals surface area contributed by atoms with E-state index in [2.05, 4.69) is 21.0 Å². The second kappa shape index (κ2) is 3.45. The lowest BCUT2D eigenvalue weighted by Gasteiger charge is -2.17. The van der Waals surface area contributed by atoms with Crippen LogP contribution in [0.3, 0.4) is 0 Å². The van der Waals surface area contributed by atoms with Gasteiger partial charge in [-0.2, -0.15) is 5.10 Å². The fraction of sp³-hybridized carbons (Fsp3) is 0.455. The lowest BCUT2D eigenvalue weighted by atomic mass is 10.3. The van der Waals surface area contributed by atoms with Gasteiger partial charge in [0, 0.05) is 31.5 Å². The van der Waals surface area contributed by atoms with Crippen LogP contribution in [0.2, 0.25) is 0 Å². The molecule has 16 heavy (non-hydrogen) atoms. The van der Waals surface area contributed by atoms with Crippen LogP contribution in [0.4, 0.5) is 5.82 Å². The minimum absolute atomic E-state index is 0.270. The minimum atomic E-state index is 0.270. The average Bonchev–Trinajstić information content (AvgIpc) is 2.82. The predicted octanol–water partition coefficient (Wildman–Crippen LogP) is 0.575. The molecule has 0 bridgehead atoms. The quantitative estimate of drug-likeness (QED) is 0.759. The summed E-state index contributed by atoms with van der Waals surface area (Å²) in [6, 6.07) is 2.33. The molecule has 5 nitrogen and oxygen atoms in total. The summed E-state index contributed by atoms with van der Waals surface area (Å²) in [4.78, 5) is 6.68. The van der Waals surface area contributed by atoms with E-state index in [4.69, 9.17) is 5.73 Å². The maximum absolute atomic E-state index is 5.92. The summed E-state index contributed by atoms with van der Waals surface area (Å²) in [7, 11) is 0. The monoisotopic (exact) mass is 217 g/mol. The van der Waals surface area contributed by atoms with Crippen molar-refractivity contribution < 1.29 is 0 Å². The van der Waals surface area contributed by atoms with Crippen molar-refractivity contribution >= 4 is 11.3 Å².